The lowest BCUT2D eigenvalue weighted by Crippen LogP contribution is -2.38. The molecule has 1 aliphatic heterocycles. The Morgan fingerprint density at radius 1 is 1.26 bits per heavy atom. The number of anilines is 1. The van der Waals surface area contributed by atoms with Crippen molar-refractivity contribution in [3.8, 4) is 0 Å². The van der Waals surface area contributed by atoms with Gasteiger partial charge in [-0.3, -0.25) is 4.99 Å². The Labute approximate surface area is 232 Å². The number of carbonyl (C=O) groups is 1. The maximum absolute atomic E-state index is 14.5. The largest absolute Gasteiger partial charge is 0.468 e. The number of nitrogens with zero attached hydrogens (tertiary/aromatic N) is 4. The van der Waals surface area contributed by atoms with E-state index in [0.717, 1.165) is 50.2 Å². The average molecular weight is 551 g/mol. The minimum atomic E-state index is -1.14. The number of hydrogen-bond donors (Lipinski definition) is 2. The van der Waals surface area contributed by atoms with E-state index in [1.54, 1.807) is 27.7 Å². The second-order valence-electron chi connectivity index (χ2n) is 10.8. The van der Waals surface area contributed by atoms with Gasteiger partial charge in [-0.05, 0) is 84.4 Å². The zero-order chi connectivity index (χ0) is 28.8. The van der Waals surface area contributed by atoms with Crippen molar-refractivity contribution in [1.29, 1.82) is 0 Å². The fraction of sp³-hybridized carbons (Fsp3) is 0.714. The Morgan fingerprint density at radius 2 is 2.03 bits per heavy atom. The highest BCUT2D eigenvalue weighted by atomic mass is 19.1. The van der Waals surface area contributed by atoms with E-state index < -0.39 is 23.8 Å². The molecule has 3 N–H and O–H groups in total. The second-order valence-corrected chi connectivity index (χ2v) is 10.8. The van der Waals surface area contributed by atoms with E-state index >= 15 is 0 Å². The Kier molecular flexibility index (Phi) is 13.6. The Hall–Kier alpha value is -2.79. The minimum Gasteiger partial charge on any atom is -0.468 e. The first kappa shape index (κ1) is 32.4. The quantitative estimate of drug-likeness (QED) is 0.156. The Balaban J connectivity index is 2.03. The number of ether oxygens (including phenoxy) is 3. The van der Waals surface area contributed by atoms with Crippen molar-refractivity contribution < 1.29 is 23.4 Å². The summed E-state index contributed by atoms with van der Waals surface area (Å²) in [7, 11) is 2.89. The van der Waals surface area contributed by atoms with Crippen molar-refractivity contribution in [3.05, 3.63) is 23.4 Å². The van der Waals surface area contributed by atoms with E-state index in [1.807, 2.05) is 4.90 Å². The molecule has 0 radical (unpaired) electrons. The van der Waals surface area contributed by atoms with Crippen LogP contribution in [0.25, 0.3) is 0 Å². The van der Waals surface area contributed by atoms with Gasteiger partial charge in [-0.15, -0.1) is 0 Å². The van der Waals surface area contributed by atoms with Crippen LogP contribution in [0.1, 0.15) is 64.6 Å². The number of aryl methyl sites for hydroxylation is 2. The molecule has 1 aromatic heterocycles. The summed E-state index contributed by atoms with van der Waals surface area (Å²) in [5.74, 6) is 0.834. The summed E-state index contributed by atoms with van der Waals surface area (Å²) >= 11 is 0. The van der Waals surface area contributed by atoms with Crippen molar-refractivity contribution in [3.63, 3.8) is 0 Å². The van der Waals surface area contributed by atoms with E-state index in [2.05, 4.69) is 27.4 Å². The van der Waals surface area contributed by atoms with Gasteiger partial charge in [0.2, 0.25) is 0 Å². The molecule has 2 atom stereocenters. The molecule has 1 aliphatic rings. The maximum Gasteiger partial charge on any atom is 0.331 e. The molecule has 10 nitrogen and oxygen atoms in total. The minimum absolute atomic E-state index is 0.0142. The lowest BCUT2D eigenvalue weighted by molar-refractivity contribution is -0.156. The first-order valence-electron chi connectivity index (χ1n) is 13.7. The average Bonchev–Trinajstić information content (AvgIpc) is 2.87. The fourth-order valence-electron chi connectivity index (χ4n) is 4.33. The van der Waals surface area contributed by atoms with Crippen LogP contribution in [-0.4, -0.2) is 92.5 Å². The normalized spacial score (nSPS) is 15.9. The lowest BCUT2D eigenvalue weighted by atomic mass is 10.1. The number of nitrogens with one attached hydrogen (secondary N) is 1. The van der Waals surface area contributed by atoms with Crippen LogP contribution in [0.5, 0.6) is 0 Å². The number of methoxy groups -OCH3 is 2. The van der Waals surface area contributed by atoms with Gasteiger partial charge in [0, 0.05) is 32.4 Å². The monoisotopic (exact) mass is 550 g/mol. The molecule has 0 aromatic carbocycles. The van der Waals surface area contributed by atoms with Gasteiger partial charge >= 0.3 is 5.97 Å². The smallest absolute Gasteiger partial charge is 0.331 e. The van der Waals surface area contributed by atoms with Gasteiger partial charge in [-0.2, -0.15) is 4.99 Å². The number of aromatic nitrogens is 1. The lowest BCUT2D eigenvalue weighted by Gasteiger charge is -2.26. The summed E-state index contributed by atoms with van der Waals surface area (Å²) in [5, 5.41) is 3.38. The first-order valence-corrected chi connectivity index (χ1v) is 13.7. The molecule has 0 spiro atoms. The molecular weight excluding hydrogens is 503 g/mol. The van der Waals surface area contributed by atoms with Gasteiger partial charge < -0.3 is 30.2 Å². The molecule has 0 bridgehead atoms. The zero-order valence-electron chi connectivity index (χ0n) is 24.5. The van der Waals surface area contributed by atoms with E-state index in [-0.39, 0.29) is 19.2 Å². The number of rotatable bonds is 14. The zero-order valence-corrected chi connectivity index (χ0v) is 24.5. The number of alkyl halides is 1. The van der Waals surface area contributed by atoms with Crippen LogP contribution < -0.4 is 11.1 Å². The number of halogens is 1. The van der Waals surface area contributed by atoms with Gasteiger partial charge in [0.1, 0.15) is 23.4 Å². The molecule has 0 amide bonds. The molecule has 0 aliphatic carbocycles. The molecule has 2 unspecified atom stereocenters. The van der Waals surface area contributed by atoms with Crippen molar-refractivity contribution in [2.75, 3.05) is 52.3 Å². The second kappa shape index (κ2) is 16.3. The number of esters is 1. The third kappa shape index (κ3) is 12.7. The third-order valence-corrected chi connectivity index (χ3v) is 6.13. The molecule has 1 aromatic rings. The first-order chi connectivity index (χ1) is 18.5. The number of amidine groups is 2. The topological polar surface area (TPSA) is 124 Å². The third-order valence-electron chi connectivity index (χ3n) is 6.13. The highest BCUT2D eigenvalue weighted by Gasteiger charge is 2.26. The predicted octanol–water partition coefficient (Wildman–Crippen LogP) is 3.53. The number of unbranched alkanes of at least 4 members (excludes halogenated alkanes) is 1. The Morgan fingerprint density at radius 3 is 2.72 bits per heavy atom. The summed E-state index contributed by atoms with van der Waals surface area (Å²) in [6, 6.07) is 3.40. The van der Waals surface area contributed by atoms with Crippen LogP contribution in [0.3, 0.4) is 0 Å². The van der Waals surface area contributed by atoms with Crippen molar-refractivity contribution in [1.82, 2.24) is 9.88 Å². The molecule has 0 saturated heterocycles. The van der Waals surface area contributed by atoms with E-state index in [9.17, 15) is 9.18 Å². The molecule has 220 valence electrons. The highest BCUT2D eigenvalue weighted by molar-refractivity contribution is 5.93. The number of carbonyl (C=O) groups excluding carboxylic acids is 1. The van der Waals surface area contributed by atoms with Crippen LogP contribution in [0.2, 0.25) is 0 Å². The number of fused-ring (bicyclic) bond motifs is 1. The molecule has 0 fully saturated rings. The molecule has 39 heavy (non-hydrogen) atoms. The summed E-state index contributed by atoms with van der Waals surface area (Å²) in [6.45, 7) is 9.36. The molecule has 2 rings (SSSR count). The van der Waals surface area contributed by atoms with Crippen LogP contribution in [0.4, 0.5) is 10.2 Å². The summed E-state index contributed by atoms with van der Waals surface area (Å²) in [5.41, 5.74) is 7.30. The standard InChI is InChI=1S/C28H47FN6O4/c1-20(33-27(30)38-6)32-24(26(36)39-28(2,3)4)14-17-35(18-22(29)19-37-5)16-8-7-11-23-13-12-21-10-9-15-31-25(21)34-23/h12-13,22,24H,7-11,14-19H2,1-6H3,(H,31,34)(H2,30,32,33). The predicted molar refractivity (Wildman–Crippen MR) is 153 cm³/mol. The van der Waals surface area contributed by atoms with Crippen LogP contribution in [0, 0.1) is 0 Å². The SMILES string of the molecule is COCC(F)CN(CCCCc1ccc2c(n1)NCCC2)CCC(N=C(C)N=C(N)OC)C(=O)OC(C)(C)C. The van der Waals surface area contributed by atoms with Gasteiger partial charge in [0.25, 0.3) is 6.02 Å². The van der Waals surface area contributed by atoms with E-state index in [4.69, 9.17) is 24.9 Å². The van der Waals surface area contributed by atoms with Crippen molar-refractivity contribution in [2.24, 2.45) is 15.7 Å². The summed E-state index contributed by atoms with van der Waals surface area (Å²) < 4.78 is 30.0. The van der Waals surface area contributed by atoms with Gasteiger partial charge in [-0.1, -0.05) is 6.07 Å². The summed E-state index contributed by atoms with van der Waals surface area (Å²) in [6.07, 6.45) is 4.03. The maximum atomic E-state index is 14.5. The van der Waals surface area contributed by atoms with Crippen LogP contribution >= 0.6 is 0 Å². The Bertz CT molecular complexity index is 966. The van der Waals surface area contributed by atoms with Crippen LogP contribution in [0.15, 0.2) is 22.1 Å². The van der Waals surface area contributed by atoms with Gasteiger partial charge in [-0.25, -0.2) is 14.2 Å². The van der Waals surface area contributed by atoms with Crippen molar-refractivity contribution >= 4 is 23.6 Å². The molecule has 2 heterocycles. The van der Waals surface area contributed by atoms with Gasteiger partial charge in [0.15, 0.2) is 6.04 Å². The number of aliphatic imine (C=N–C) groups is 2. The van der Waals surface area contributed by atoms with Crippen molar-refractivity contribution in [2.45, 2.75) is 84.0 Å². The number of pyridine rings is 1. The van der Waals surface area contributed by atoms with E-state index in [1.165, 1.54) is 19.8 Å². The van der Waals surface area contributed by atoms with E-state index in [0.29, 0.717) is 25.3 Å². The number of nitrogens with two attached hydrogens (primary N) is 1. The summed E-state index contributed by atoms with van der Waals surface area (Å²) in [4.78, 5) is 28.2. The highest BCUT2D eigenvalue weighted by Crippen LogP contribution is 2.20. The van der Waals surface area contributed by atoms with Gasteiger partial charge in [0.05, 0.1) is 13.7 Å². The molecular formula is C28H47FN6O4. The molecule has 0 saturated carbocycles. The molecule has 11 heteroatoms. The van der Waals surface area contributed by atoms with Crippen LogP contribution in [-0.2, 0) is 31.8 Å². The fourth-order valence-corrected chi connectivity index (χ4v) is 4.33. The number of hydrogen-bond acceptors (Lipinski definition) is 8.